The van der Waals surface area contributed by atoms with Crippen molar-refractivity contribution in [1.82, 2.24) is 5.32 Å². The molecule has 0 aromatic heterocycles. The smallest absolute Gasteiger partial charge is 0.407 e. The van der Waals surface area contributed by atoms with Gasteiger partial charge in [-0.3, -0.25) is 4.79 Å². The van der Waals surface area contributed by atoms with Crippen molar-refractivity contribution in [2.75, 3.05) is 6.54 Å². The van der Waals surface area contributed by atoms with E-state index in [0.717, 1.165) is 5.56 Å². The minimum Gasteiger partial charge on any atom is -0.445 e. The summed E-state index contributed by atoms with van der Waals surface area (Å²) in [5, 5.41) is 22.5. The molecule has 0 aliphatic rings. The average Bonchev–Trinajstić information content (AvgIpc) is 2.65. The van der Waals surface area contributed by atoms with Crippen LogP contribution in [0.4, 0.5) is 4.79 Å². The molecule has 0 saturated heterocycles. The summed E-state index contributed by atoms with van der Waals surface area (Å²) >= 11 is 0. The first-order chi connectivity index (χ1) is 12.5. The molecule has 0 saturated carbocycles. The number of aliphatic hydroxyl groups excluding tert-OH is 2. The van der Waals surface area contributed by atoms with Gasteiger partial charge < -0.3 is 25.0 Å². The third-order valence-corrected chi connectivity index (χ3v) is 3.52. The van der Waals surface area contributed by atoms with Gasteiger partial charge >= 0.3 is 12.1 Å². The Labute approximate surface area is 151 Å². The molecule has 7 heteroatoms. The standard InChI is InChI=1S/C19H21NO6/c1-13(21)26-16-9-7-15(8-10-16)18(23)17(22)11-20-19(24)25-12-14-5-3-2-4-6-14/h2-10,17-18,22-23H,11-12H2,1H3,(H,20,24). The number of hydrogen-bond donors (Lipinski definition) is 3. The summed E-state index contributed by atoms with van der Waals surface area (Å²) in [7, 11) is 0. The number of aliphatic hydroxyl groups is 2. The van der Waals surface area contributed by atoms with E-state index >= 15 is 0 Å². The molecule has 2 aromatic carbocycles. The maximum atomic E-state index is 11.7. The van der Waals surface area contributed by atoms with Gasteiger partial charge in [0.25, 0.3) is 0 Å². The third-order valence-electron chi connectivity index (χ3n) is 3.52. The number of benzene rings is 2. The zero-order chi connectivity index (χ0) is 18.9. The van der Waals surface area contributed by atoms with E-state index in [2.05, 4.69) is 5.32 Å². The van der Waals surface area contributed by atoms with Crippen molar-refractivity contribution in [3.05, 3.63) is 65.7 Å². The van der Waals surface area contributed by atoms with Crippen molar-refractivity contribution in [1.29, 1.82) is 0 Å². The molecule has 2 aromatic rings. The summed E-state index contributed by atoms with van der Waals surface area (Å²) in [6.45, 7) is 1.22. The largest absolute Gasteiger partial charge is 0.445 e. The maximum absolute atomic E-state index is 11.7. The molecule has 7 nitrogen and oxygen atoms in total. The van der Waals surface area contributed by atoms with Crippen LogP contribution >= 0.6 is 0 Å². The lowest BCUT2D eigenvalue weighted by Crippen LogP contribution is -2.35. The van der Waals surface area contributed by atoms with Crippen LogP contribution in [0, 0.1) is 0 Å². The SMILES string of the molecule is CC(=O)Oc1ccc(C(O)C(O)CNC(=O)OCc2ccccc2)cc1. The Balaban J connectivity index is 1.78. The summed E-state index contributed by atoms with van der Waals surface area (Å²) in [5.41, 5.74) is 1.27. The lowest BCUT2D eigenvalue weighted by molar-refractivity contribution is -0.131. The molecule has 0 radical (unpaired) electrons. The molecule has 26 heavy (non-hydrogen) atoms. The first kappa shape index (κ1) is 19.4. The number of hydrogen-bond acceptors (Lipinski definition) is 6. The second-order valence-electron chi connectivity index (χ2n) is 5.62. The predicted molar refractivity (Wildman–Crippen MR) is 93.3 cm³/mol. The van der Waals surface area contributed by atoms with Crippen molar-refractivity contribution in [2.24, 2.45) is 0 Å². The molecule has 2 unspecified atom stereocenters. The molecular weight excluding hydrogens is 338 g/mol. The van der Waals surface area contributed by atoms with E-state index in [-0.39, 0.29) is 13.2 Å². The fraction of sp³-hybridized carbons (Fsp3) is 0.263. The summed E-state index contributed by atoms with van der Waals surface area (Å²) < 4.78 is 9.92. The normalized spacial score (nSPS) is 12.7. The van der Waals surface area contributed by atoms with Crippen LogP contribution < -0.4 is 10.1 Å². The van der Waals surface area contributed by atoms with Crippen LogP contribution in [0.2, 0.25) is 0 Å². The second kappa shape index (κ2) is 9.55. The van der Waals surface area contributed by atoms with E-state index in [0.29, 0.717) is 11.3 Å². The minimum absolute atomic E-state index is 0.114. The highest BCUT2D eigenvalue weighted by molar-refractivity contribution is 5.69. The van der Waals surface area contributed by atoms with Crippen molar-refractivity contribution < 1.29 is 29.3 Å². The van der Waals surface area contributed by atoms with Crippen LogP contribution in [-0.4, -0.2) is 34.9 Å². The molecule has 0 aliphatic carbocycles. The fourth-order valence-electron chi connectivity index (χ4n) is 2.19. The Morgan fingerprint density at radius 2 is 1.69 bits per heavy atom. The maximum Gasteiger partial charge on any atom is 0.407 e. The first-order valence-electron chi connectivity index (χ1n) is 8.05. The molecule has 2 atom stereocenters. The van der Waals surface area contributed by atoms with Gasteiger partial charge in [-0.25, -0.2) is 4.79 Å². The van der Waals surface area contributed by atoms with E-state index in [1.807, 2.05) is 30.3 Å². The molecule has 138 valence electrons. The van der Waals surface area contributed by atoms with Crippen LogP contribution in [0.1, 0.15) is 24.2 Å². The number of ether oxygens (including phenoxy) is 2. The lowest BCUT2D eigenvalue weighted by atomic mass is 10.0. The Morgan fingerprint density at radius 1 is 1.04 bits per heavy atom. The molecule has 0 fully saturated rings. The van der Waals surface area contributed by atoms with E-state index in [9.17, 15) is 19.8 Å². The number of amides is 1. The minimum atomic E-state index is -1.22. The number of alkyl carbamates (subject to hydrolysis) is 1. The van der Waals surface area contributed by atoms with Gasteiger partial charge in [-0.15, -0.1) is 0 Å². The Hall–Kier alpha value is -2.90. The molecular formula is C19H21NO6. The van der Waals surface area contributed by atoms with E-state index in [1.165, 1.54) is 31.2 Å². The Morgan fingerprint density at radius 3 is 2.31 bits per heavy atom. The van der Waals surface area contributed by atoms with Crippen LogP contribution in [0.3, 0.4) is 0 Å². The fourth-order valence-corrected chi connectivity index (χ4v) is 2.19. The van der Waals surface area contributed by atoms with Crippen LogP contribution in [0.5, 0.6) is 5.75 Å². The second-order valence-corrected chi connectivity index (χ2v) is 5.62. The highest BCUT2D eigenvalue weighted by atomic mass is 16.5. The highest BCUT2D eigenvalue weighted by Crippen LogP contribution is 2.20. The van der Waals surface area contributed by atoms with Gasteiger partial charge in [-0.1, -0.05) is 42.5 Å². The number of carbonyl (C=O) groups is 2. The van der Waals surface area contributed by atoms with Crippen molar-refractivity contribution >= 4 is 12.1 Å². The summed E-state index contributed by atoms with van der Waals surface area (Å²) in [6.07, 6.45) is -3.13. The number of nitrogens with one attached hydrogen (secondary N) is 1. The topological polar surface area (TPSA) is 105 Å². The van der Waals surface area contributed by atoms with Gasteiger partial charge in [0, 0.05) is 13.5 Å². The highest BCUT2D eigenvalue weighted by Gasteiger charge is 2.19. The summed E-state index contributed by atoms with van der Waals surface area (Å²) in [5.74, 6) is -0.109. The Bertz CT molecular complexity index is 717. The van der Waals surface area contributed by atoms with Crippen LogP contribution in [-0.2, 0) is 16.1 Å². The summed E-state index contributed by atoms with van der Waals surface area (Å²) in [4.78, 5) is 22.5. The zero-order valence-electron chi connectivity index (χ0n) is 14.3. The van der Waals surface area contributed by atoms with Gasteiger partial charge in [0.15, 0.2) is 0 Å². The number of rotatable bonds is 7. The molecule has 3 N–H and O–H groups in total. The zero-order valence-corrected chi connectivity index (χ0v) is 14.3. The van der Waals surface area contributed by atoms with E-state index in [1.54, 1.807) is 0 Å². The van der Waals surface area contributed by atoms with Gasteiger partial charge in [-0.05, 0) is 23.3 Å². The van der Waals surface area contributed by atoms with Gasteiger partial charge in [0.2, 0.25) is 0 Å². The molecule has 0 aliphatic heterocycles. The van der Waals surface area contributed by atoms with E-state index < -0.39 is 24.3 Å². The average molecular weight is 359 g/mol. The van der Waals surface area contributed by atoms with Crippen molar-refractivity contribution in [3.63, 3.8) is 0 Å². The monoisotopic (exact) mass is 359 g/mol. The summed E-state index contributed by atoms with van der Waals surface area (Å²) in [6, 6.07) is 15.3. The van der Waals surface area contributed by atoms with E-state index in [4.69, 9.17) is 9.47 Å². The number of carbonyl (C=O) groups excluding carboxylic acids is 2. The predicted octanol–water partition coefficient (Wildman–Crippen LogP) is 1.93. The lowest BCUT2D eigenvalue weighted by Gasteiger charge is -2.19. The van der Waals surface area contributed by atoms with Crippen molar-refractivity contribution in [2.45, 2.75) is 25.7 Å². The van der Waals surface area contributed by atoms with Crippen molar-refractivity contribution in [3.8, 4) is 5.75 Å². The molecule has 1 amide bonds. The third kappa shape index (κ3) is 6.19. The molecule has 0 heterocycles. The Kier molecular flexibility index (Phi) is 7.13. The van der Waals surface area contributed by atoms with Gasteiger partial charge in [0.1, 0.15) is 24.6 Å². The van der Waals surface area contributed by atoms with Gasteiger partial charge in [0.05, 0.1) is 0 Å². The van der Waals surface area contributed by atoms with Crippen LogP contribution in [0.25, 0.3) is 0 Å². The molecule has 2 rings (SSSR count). The molecule has 0 spiro atoms. The van der Waals surface area contributed by atoms with Crippen LogP contribution in [0.15, 0.2) is 54.6 Å². The first-order valence-corrected chi connectivity index (χ1v) is 8.05. The molecule has 0 bridgehead atoms. The van der Waals surface area contributed by atoms with Gasteiger partial charge in [-0.2, -0.15) is 0 Å². The number of esters is 1. The quantitative estimate of drug-likeness (QED) is 0.515.